The fourth-order valence-electron chi connectivity index (χ4n) is 7.06. The van der Waals surface area contributed by atoms with Crippen molar-refractivity contribution in [1.29, 1.82) is 0 Å². The van der Waals surface area contributed by atoms with Gasteiger partial charge in [-0.2, -0.15) is 127 Å². The van der Waals surface area contributed by atoms with Gasteiger partial charge in [0.2, 0.25) is 18.1 Å². The molecule has 0 aliphatic rings. The first-order chi connectivity index (χ1) is 32.1. The van der Waals surface area contributed by atoms with Gasteiger partial charge in [-0.05, 0) is 48.5 Å². The van der Waals surface area contributed by atoms with E-state index >= 15 is 0 Å². The van der Waals surface area contributed by atoms with Gasteiger partial charge in [-0.3, -0.25) is 4.98 Å². The minimum atomic E-state index is -6.13. The molecular formula is C42H20BBrF24N2O. The second kappa shape index (κ2) is 19.1. The lowest BCUT2D eigenvalue weighted by Crippen LogP contribution is -2.75. The summed E-state index contributed by atoms with van der Waals surface area (Å²) in [5.41, 5.74) is -30.2. The molecule has 382 valence electrons. The number of hydrogen-bond donors (Lipinski definition) is 0. The maximum absolute atomic E-state index is 14.2. The molecule has 0 atom stereocenters. The number of hydrogen-bond acceptors (Lipinski definition) is 2. The maximum Gasteiger partial charge on any atom is 0.416 e. The first-order valence-electron chi connectivity index (χ1n) is 18.7. The number of benzene rings is 5. The van der Waals surface area contributed by atoms with Crippen molar-refractivity contribution in [3.05, 3.63) is 171 Å². The van der Waals surface area contributed by atoms with Gasteiger partial charge in [0.05, 0.1) is 56.9 Å². The van der Waals surface area contributed by atoms with Gasteiger partial charge in [-0.15, -0.1) is 0 Å². The minimum Gasteiger partial charge on any atom is -0.252 e. The Kier molecular flexibility index (Phi) is 15.0. The second-order valence-electron chi connectivity index (χ2n) is 14.9. The Morgan fingerprint density at radius 2 is 0.549 bits per heavy atom. The monoisotopic (exact) mass is 1110 g/mol. The number of nitrogens with zero attached hydrogens (tertiary/aromatic N) is 2. The van der Waals surface area contributed by atoms with Crippen LogP contribution in [0.2, 0.25) is 0 Å². The average molecular weight is 1120 g/mol. The van der Waals surface area contributed by atoms with E-state index in [-0.39, 0.29) is 0 Å². The average Bonchev–Trinajstić information content (AvgIpc) is 3.22. The van der Waals surface area contributed by atoms with E-state index in [1.165, 1.54) is 0 Å². The predicted molar refractivity (Wildman–Crippen MR) is 205 cm³/mol. The number of halogens is 25. The zero-order valence-corrected chi connectivity index (χ0v) is 35.5. The van der Waals surface area contributed by atoms with E-state index in [2.05, 4.69) is 20.9 Å². The van der Waals surface area contributed by atoms with E-state index in [0.717, 1.165) is 10.2 Å². The summed E-state index contributed by atoms with van der Waals surface area (Å²) >= 11 is 3.36. The molecule has 0 N–H and O–H groups in total. The molecule has 0 radical (unpaired) electrons. The number of rotatable bonds is 6. The molecule has 1 aromatic heterocycles. The highest BCUT2D eigenvalue weighted by Gasteiger charge is 2.47. The molecular weight excluding hydrogens is 1100 g/mol. The summed E-state index contributed by atoms with van der Waals surface area (Å²) in [6, 6.07) is -1.18. The SMILES string of the molecule is Brc1ccc(O[n+]2ccncc2)cc1.FC(F)(F)c1cc([B-](c2cc(C(F)(F)F)cc(C(F)(F)F)c2)(c2cc(C(F)(F)F)cc(C(F)(F)F)c2)c2cc(C(F)(F)F)cc(C(F)(F)F)c2)cc(C(F)(F)F)c1. The van der Waals surface area contributed by atoms with Crippen LogP contribution in [0.1, 0.15) is 44.5 Å². The van der Waals surface area contributed by atoms with Crippen molar-refractivity contribution >= 4 is 43.9 Å². The highest BCUT2D eigenvalue weighted by Crippen LogP contribution is 2.41. The van der Waals surface area contributed by atoms with Crippen LogP contribution in [-0.4, -0.2) is 11.1 Å². The Labute approximate surface area is 389 Å². The van der Waals surface area contributed by atoms with Crippen LogP contribution in [0.25, 0.3) is 0 Å². The van der Waals surface area contributed by atoms with Gasteiger partial charge in [0.1, 0.15) is 6.15 Å². The van der Waals surface area contributed by atoms with Crippen LogP contribution in [-0.2, 0) is 49.4 Å². The standard InChI is InChI=1S/C32H12BF24.C10H8BrN2O/c34-25(35,36)13-1-14(26(37,38)39)6-21(5-13)33(22-7-15(27(40,41)42)2-16(8-22)28(43,44)45,23-9-17(29(46,47)48)3-18(10-23)30(49,50)51)24-11-19(31(52,53)54)4-20(12-24)32(55,56)57;11-9-1-3-10(4-2-9)14-13-7-5-12-6-8-13/h1-12H;1-8H/q-1;+1. The van der Waals surface area contributed by atoms with Crippen LogP contribution in [0.15, 0.2) is 126 Å². The van der Waals surface area contributed by atoms with Crippen molar-refractivity contribution in [1.82, 2.24) is 4.98 Å². The van der Waals surface area contributed by atoms with Gasteiger partial charge in [-0.25, -0.2) is 4.84 Å². The molecule has 71 heavy (non-hydrogen) atoms. The van der Waals surface area contributed by atoms with Crippen molar-refractivity contribution in [2.45, 2.75) is 49.4 Å². The van der Waals surface area contributed by atoms with E-state index in [1.807, 2.05) is 24.3 Å². The summed E-state index contributed by atoms with van der Waals surface area (Å²) in [4.78, 5) is 9.38. The molecule has 0 fully saturated rings. The molecule has 0 unspecified atom stereocenters. The molecule has 0 aliphatic heterocycles. The molecule has 5 aromatic carbocycles. The third kappa shape index (κ3) is 13.2. The maximum atomic E-state index is 14.2. The summed E-state index contributed by atoms with van der Waals surface area (Å²) in [7, 11) is 0. The van der Waals surface area contributed by atoms with E-state index in [1.54, 1.807) is 29.5 Å². The molecule has 0 saturated heterocycles. The van der Waals surface area contributed by atoms with Crippen molar-refractivity contribution < 1.29 is 115 Å². The summed E-state index contributed by atoms with van der Waals surface area (Å²) < 4.78 is 343. The lowest BCUT2D eigenvalue weighted by Gasteiger charge is -2.46. The third-order valence-corrected chi connectivity index (χ3v) is 10.6. The van der Waals surface area contributed by atoms with Gasteiger partial charge >= 0.3 is 49.4 Å². The molecule has 1 heterocycles. The van der Waals surface area contributed by atoms with Crippen LogP contribution in [0.5, 0.6) is 5.75 Å². The van der Waals surface area contributed by atoms with E-state index in [4.69, 9.17) is 4.84 Å². The Morgan fingerprint density at radius 3 is 0.746 bits per heavy atom. The topological polar surface area (TPSA) is 26.0 Å². The lowest BCUT2D eigenvalue weighted by atomic mass is 9.12. The van der Waals surface area contributed by atoms with Gasteiger partial charge < -0.3 is 0 Å². The Balaban J connectivity index is 0.000000569. The Bertz CT molecular complexity index is 2410. The molecule has 3 nitrogen and oxygen atoms in total. The van der Waals surface area contributed by atoms with Crippen molar-refractivity contribution in [3.8, 4) is 5.75 Å². The fraction of sp³-hybridized carbons (Fsp3) is 0.190. The van der Waals surface area contributed by atoms with E-state index < -0.39 is 195 Å². The largest absolute Gasteiger partial charge is 0.416 e. The van der Waals surface area contributed by atoms with Crippen molar-refractivity contribution in [2.24, 2.45) is 0 Å². The predicted octanol–water partition coefficient (Wildman–Crippen LogP) is 13.2. The summed E-state index contributed by atoms with van der Waals surface area (Å²) in [6.45, 7) is 0. The molecule has 6 rings (SSSR count). The lowest BCUT2D eigenvalue weighted by molar-refractivity contribution is -0.875. The van der Waals surface area contributed by atoms with Gasteiger partial charge in [0.25, 0.3) is 0 Å². The number of alkyl halides is 24. The van der Waals surface area contributed by atoms with Crippen LogP contribution in [0.3, 0.4) is 0 Å². The first kappa shape index (κ1) is 55.8. The van der Waals surface area contributed by atoms with Gasteiger partial charge in [0, 0.05) is 9.20 Å². The van der Waals surface area contributed by atoms with E-state index in [0.29, 0.717) is 0 Å². The molecule has 0 amide bonds. The Morgan fingerprint density at radius 1 is 0.338 bits per heavy atom. The summed E-state index contributed by atoms with van der Waals surface area (Å²) in [6.07, 6.45) is -48.0. The quantitative estimate of drug-likeness (QED) is 0.0944. The number of aromatic nitrogens is 2. The molecule has 6 aromatic rings. The van der Waals surface area contributed by atoms with Gasteiger partial charge in [-0.1, -0.05) is 64.5 Å². The molecule has 0 saturated carbocycles. The highest BCUT2D eigenvalue weighted by molar-refractivity contribution is 9.10. The molecule has 29 heteroatoms. The summed E-state index contributed by atoms with van der Waals surface area (Å²) in [5, 5.41) is 0. The Hall–Kier alpha value is -6.16. The van der Waals surface area contributed by atoms with Crippen molar-refractivity contribution in [3.63, 3.8) is 0 Å². The zero-order chi connectivity index (χ0) is 53.7. The fourth-order valence-corrected chi connectivity index (χ4v) is 7.32. The third-order valence-electron chi connectivity index (χ3n) is 10.1. The summed E-state index contributed by atoms with van der Waals surface area (Å²) in [5.74, 6) is 0.782. The molecule has 0 spiro atoms. The van der Waals surface area contributed by atoms with Crippen LogP contribution in [0, 0.1) is 0 Å². The van der Waals surface area contributed by atoms with Gasteiger partial charge in [0.15, 0.2) is 0 Å². The first-order valence-corrected chi connectivity index (χ1v) is 19.5. The van der Waals surface area contributed by atoms with Crippen LogP contribution in [0.4, 0.5) is 105 Å². The zero-order valence-electron chi connectivity index (χ0n) is 33.9. The second-order valence-corrected chi connectivity index (χ2v) is 15.8. The van der Waals surface area contributed by atoms with Crippen molar-refractivity contribution in [2.75, 3.05) is 0 Å². The normalized spacial score (nSPS) is 13.4. The van der Waals surface area contributed by atoms with Crippen LogP contribution < -0.4 is 31.4 Å². The highest BCUT2D eigenvalue weighted by atomic mass is 79.9. The van der Waals surface area contributed by atoms with E-state index in [9.17, 15) is 105 Å². The minimum absolute atomic E-state index is 0.691. The smallest absolute Gasteiger partial charge is 0.252 e. The molecule has 0 aliphatic carbocycles. The van der Waals surface area contributed by atoms with Crippen LogP contribution >= 0.6 is 15.9 Å². The molecule has 0 bridgehead atoms.